The molecule has 0 aliphatic heterocycles. The van der Waals surface area contributed by atoms with Gasteiger partial charge in [0.05, 0.1) is 19.1 Å². The van der Waals surface area contributed by atoms with E-state index in [-0.39, 0.29) is 12.0 Å². The summed E-state index contributed by atoms with van der Waals surface area (Å²) >= 11 is 3.23. The zero-order valence-electron chi connectivity index (χ0n) is 9.09. The van der Waals surface area contributed by atoms with Crippen LogP contribution >= 0.6 is 15.9 Å². The second kappa shape index (κ2) is 4.93. The fraction of sp³-hybridized carbons (Fsp3) is 0.364. The predicted octanol–water partition coefficient (Wildman–Crippen LogP) is 2.33. The molecule has 1 aromatic carbocycles. The Labute approximate surface area is 102 Å². The van der Waals surface area contributed by atoms with Gasteiger partial charge in [0.25, 0.3) is 0 Å². The zero-order valence-corrected chi connectivity index (χ0v) is 10.7. The summed E-state index contributed by atoms with van der Waals surface area (Å²) in [6.07, 6.45) is -0.0725. The van der Waals surface area contributed by atoms with Crippen LogP contribution in [-0.4, -0.2) is 13.1 Å². The second-order valence-electron chi connectivity index (χ2n) is 3.79. The number of carbonyl (C=O) groups is 1. The summed E-state index contributed by atoms with van der Waals surface area (Å²) in [7, 11) is 1.27. The third-order valence-corrected chi connectivity index (χ3v) is 2.78. The number of benzene rings is 1. The highest BCUT2D eigenvalue weighted by Gasteiger charge is 2.28. The quantitative estimate of drug-likeness (QED) is 0.869. The van der Waals surface area contributed by atoms with Crippen LogP contribution in [0.3, 0.4) is 0 Å². The second-order valence-corrected chi connectivity index (χ2v) is 4.71. The number of hydrogen-bond acceptors (Lipinski definition) is 3. The maximum Gasteiger partial charge on any atom is 0.307 e. The summed E-state index contributed by atoms with van der Waals surface area (Å²) < 4.78 is 18.8. The van der Waals surface area contributed by atoms with Gasteiger partial charge in [-0.3, -0.25) is 4.79 Å². The third kappa shape index (κ3) is 3.02. The van der Waals surface area contributed by atoms with Crippen LogP contribution in [-0.2, 0) is 15.1 Å². The van der Waals surface area contributed by atoms with E-state index in [1.165, 1.54) is 13.2 Å². The molecule has 0 amide bonds. The number of esters is 1. The van der Waals surface area contributed by atoms with Crippen LogP contribution in [0.25, 0.3) is 0 Å². The first-order valence-electron chi connectivity index (χ1n) is 4.68. The average Bonchev–Trinajstić information content (AvgIpc) is 2.20. The summed E-state index contributed by atoms with van der Waals surface area (Å²) in [5, 5.41) is 0. The number of nitrogens with two attached hydrogens (primary N) is 1. The highest BCUT2D eigenvalue weighted by molar-refractivity contribution is 9.10. The smallest absolute Gasteiger partial charge is 0.307 e. The molecular formula is C11H13BrFNO2. The Kier molecular flexibility index (Phi) is 4.04. The standard InChI is InChI=1S/C11H13BrFNO2/c1-11(14,6-10(15)16-2)8-5-7(12)3-4-9(8)13/h3-5H,6,14H2,1-2H3/t11-/m0/s1. The first-order chi connectivity index (χ1) is 7.36. The number of halogens is 2. The molecule has 0 aliphatic rings. The molecule has 88 valence electrons. The van der Waals surface area contributed by atoms with Gasteiger partial charge in [0.1, 0.15) is 5.82 Å². The highest BCUT2D eigenvalue weighted by atomic mass is 79.9. The van der Waals surface area contributed by atoms with Crippen LogP contribution in [0, 0.1) is 5.82 Å². The van der Waals surface area contributed by atoms with Crippen LogP contribution in [0.1, 0.15) is 18.9 Å². The molecule has 0 aliphatic carbocycles. The van der Waals surface area contributed by atoms with E-state index in [1.807, 2.05) is 0 Å². The van der Waals surface area contributed by atoms with Crippen LogP contribution in [0.2, 0.25) is 0 Å². The molecule has 0 heterocycles. The Bertz CT molecular complexity index is 407. The van der Waals surface area contributed by atoms with E-state index in [9.17, 15) is 9.18 Å². The van der Waals surface area contributed by atoms with Crippen molar-refractivity contribution in [2.24, 2.45) is 5.73 Å². The normalized spacial score (nSPS) is 14.3. The molecule has 0 unspecified atom stereocenters. The minimum atomic E-state index is -1.08. The van der Waals surface area contributed by atoms with E-state index < -0.39 is 17.3 Å². The van der Waals surface area contributed by atoms with Crippen LogP contribution in [0.15, 0.2) is 22.7 Å². The Morgan fingerprint density at radius 3 is 2.81 bits per heavy atom. The number of hydrogen-bond donors (Lipinski definition) is 1. The molecule has 0 saturated carbocycles. The molecule has 0 saturated heterocycles. The summed E-state index contributed by atoms with van der Waals surface area (Å²) in [5.74, 6) is -0.901. The molecular weight excluding hydrogens is 277 g/mol. The number of ether oxygens (including phenoxy) is 1. The van der Waals surface area contributed by atoms with E-state index in [0.29, 0.717) is 4.47 Å². The zero-order chi connectivity index (χ0) is 12.3. The molecule has 1 atom stereocenters. The van der Waals surface area contributed by atoms with Crippen LogP contribution < -0.4 is 5.73 Å². The summed E-state index contributed by atoms with van der Waals surface area (Å²) in [5.41, 5.74) is 5.12. The number of rotatable bonds is 3. The largest absolute Gasteiger partial charge is 0.469 e. The minimum absolute atomic E-state index is 0.0725. The lowest BCUT2D eigenvalue weighted by Gasteiger charge is -2.24. The van der Waals surface area contributed by atoms with Gasteiger partial charge in [0.2, 0.25) is 0 Å². The van der Waals surface area contributed by atoms with E-state index in [1.54, 1.807) is 19.1 Å². The maximum absolute atomic E-state index is 13.6. The Morgan fingerprint density at radius 1 is 1.62 bits per heavy atom. The van der Waals surface area contributed by atoms with E-state index >= 15 is 0 Å². The van der Waals surface area contributed by atoms with E-state index in [0.717, 1.165) is 0 Å². The third-order valence-electron chi connectivity index (χ3n) is 2.28. The molecule has 2 N–H and O–H groups in total. The predicted molar refractivity (Wildman–Crippen MR) is 62.3 cm³/mol. The van der Waals surface area contributed by atoms with Crippen molar-refractivity contribution in [2.75, 3.05) is 7.11 Å². The van der Waals surface area contributed by atoms with Gasteiger partial charge in [-0.25, -0.2) is 4.39 Å². The summed E-state index contributed by atoms with van der Waals surface area (Å²) in [6.45, 7) is 1.59. The Balaban J connectivity index is 3.05. The fourth-order valence-electron chi connectivity index (χ4n) is 1.40. The first kappa shape index (κ1) is 13.1. The van der Waals surface area contributed by atoms with Crippen molar-refractivity contribution in [3.8, 4) is 0 Å². The van der Waals surface area contributed by atoms with Gasteiger partial charge in [-0.05, 0) is 25.1 Å². The first-order valence-corrected chi connectivity index (χ1v) is 5.47. The molecule has 1 aromatic rings. The number of methoxy groups -OCH3 is 1. The summed E-state index contributed by atoms with van der Waals surface area (Å²) in [4.78, 5) is 11.2. The van der Waals surface area contributed by atoms with Gasteiger partial charge in [-0.1, -0.05) is 15.9 Å². The SMILES string of the molecule is COC(=O)C[C@](C)(N)c1cc(Br)ccc1F. The average molecular weight is 290 g/mol. The molecule has 0 fully saturated rings. The van der Waals surface area contributed by atoms with Crippen molar-refractivity contribution in [1.82, 2.24) is 0 Å². The number of carbonyl (C=O) groups excluding carboxylic acids is 1. The Morgan fingerprint density at radius 2 is 2.25 bits per heavy atom. The molecule has 0 aromatic heterocycles. The van der Waals surface area contributed by atoms with E-state index in [2.05, 4.69) is 20.7 Å². The van der Waals surface area contributed by atoms with Crippen LogP contribution in [0.4, 0.5) is 4.39 Å². The maximum atomic E-state index is 13.6. The lowest BCUT2D eigenvalue weighted by Crippen LogP contribution is -2.36. The minimum Gasteiger partial charge on any atom is -0.469 e. The lowest BCUT2D eigenvalue weighted by atomic mass is 9.89. The molecule has 1 rings (SSSR count). The van der Waals surface area contributed by atoms with Crippen molar-refractivity contribution in [3.05, 3.63) is 34.1 Å². The summed E-state index contributed by atoms with van der Waals surface area (Å²) in [6, 6.07) is 4.45. The van der Waals surface area contributed by atoms with Crippen molar-refractivity contribution >= 4 is 21.9 Å². The molecule has 0 spiro atoms. The molecule has 0 bridgehead atoms. The van der Waals surface area contributed by atoms with Gasteiger partial charge in [0.15, 0.2) is 0 Å². The Hall–Kier alpha value is -0.940. The van der Waals surface area contributed by atoms with Gasteiger partial charge in [0, 0.05) is 10.0 Å². The monoisotopic (exact) mass is 289 g/mol. The molecule has 5 heteroatoms. The topological polar surface area (TPSA) is 52.3 Å². The van der Waals surface area contributed by atoms with Gasteiger partial charge in [-0.2, -0.15) is 0 Å². The highest BCUT2D eigenvalue weighted by Crippen LogP contribution is 2.27. The van der Waals surface area contributed by atoms with Crippen molar-refractivity contribution in [3.63, 3.8) is 0 Å². The van der Waals surface area contributed by atoms with Crippen molar-refractivity contribution in [1.29, 1.82) is 0 Å². The molecule has 0 radical (unpaired) electrons. The molecule has 3 nitrogen and oxygen atoms in total. The van der Waals surface area contributed by atoms with Crippen LogP contribution in [0.5, 0.6) is 0 Å². The van der Waals surface area contributed by atoms with Crippen molar-refractivity contribution < 1.29 is 13.9 Å². The lowest BCUT2D eigenvalue weighted by molar-refractivity contribution is -0.142. The van der Waals surface area contributed by atoms with Gasteiger partial charge in [-0.15, -0.1) is 0 Å². The fourth-order valence-corrected chi connectivity index (χ4v) is 1.76. The van der Waals surface area contributed by atoms with E-state index in [4.69, 9.17) is 5.73 Å². The van der Waals surface area contributed by atoms with Gasteiger partial charge < -0.3 is 10.5 Å². The van der Waals surface area contributed by atoms with Gasteiger partial charge >= 0.3 is 5.97 Å². The van der Waals surface area contributed by atoms with Crippen molar-refractivity contribution in [2.45, 2.75) is 18.9 Å². The molecule has 16 heavy (non-hydrogen) atoms.